The Hall–Kier alpha value is -5.20. The summed E-state index contributed by atoms with van der Waals surface area (Å²) in [5, 5.41) is 2.03. The highest BCUT2D eigenvalue weighted by Crippen LogP contribution is 2.33. The van der Waals surface area contributed by atoms with Crippen molar-refractivity contribution in [1.82, 2.24) is 19.9 Å². The highest BCUT2D eigenvalue weighted by molar-refractivity contribution is 6.34. The second-order valence-corrected chi connectivity index (χ2v) is 13.9. The maximum atomic E-state index is 7.00. The van der Waals surface area contributed by atoms with Crippen LogP contribution in [-0.2, 0) is 0 Å². The number of aliphatic imine (C=N–C) groups is 1. The third-order valence-corrected chi connectivity index (χ3v) is 9.85. The standard InChI is InChI=1S/C43H32Cl3N5/c1-3-5-37(34-16-12-29(22-35(34)46)30-14-18-38-40(23-30)50-43(49-38)31-6-4-7-32(44)21-31)47-36-17-13-28(20-25(36)2)26-8-10-27(11-9-26)42-48-39-19-15-33(45)24-41(39)51-42/h4,6-24H,3,5H2,1-2H3,(H,48,51)(H,49,50). The number of rotatable bonds is 8. The molecule has 0 saturated carbocycles. The Balaban J connectivity index is 1.04. The molecule has 0 aliphatic carbocycles. The summed E-state index contributed by atoms with van der Waals surface area (Å²) >= 11 is 19.4. The van der Waals surface area contributed by atoms with E-state index in [0.29, 0.717) is 15.1 Å². The summed E-state index contributed by atoms with van der Waals surface area (Å²) in [7, 11) is 0. The van der Waals surface area contributed by atoms with Gasteiger partial charge in [-0.25, -0.2) is 9.97 Å². The molecule has 0 aliphatic rings. The van der Waals surface area contributed by atoms with Gasteiger partial charge in [0.05, 0.1) is 32.8 Å². The summed E-state index contributed by atoms with van der Waals surface area (Å²) in [5.41, 5.74) is 13.8. The van der Waals surface area contributed by atoms with E-state index in [2.05, 4.69) is 96.6 Å². The number of H-pyrrole nitrogens is 2. The summed E-state index contributed by atoms with van der Waals surface area (Å²) < 4.78 is 0. The maximum absolute atomic E-state index is 7.00. The first-order valence-corrected chi connectivity index (χ1v) is 17.9. The molecular weight excluding hydrogens is 693 g/mol. The maximum Gasteiger partial charge on any atom is 0.138 e. The molecule has 0 spiro atoms. The van der Waals surface area contributed by atoms with Crippen LogP contribution in [0.2, 0.25) is 15.1 Å². The van der Waals surface area contributed by atoms with Crippen molar-refractivity contribution in [1.29, 1.82) is 0 Å². The monoisotopic (exact) mass is 723 g/mol. The summed E-state index contributed by atoms with van der Waals surface area (Å²) in [4.78, 5) is 21.5. The number of nitrogens with zero attached hydrogens (tertiary/aromatic N) is 3. The fourth-order valence-electron chi connectivity index (χ4n) is 6.42. The number of aryl methyl sites for hydroxylation is 1. The lowest BCUT2D eigenvalue weighted by molar-refractivity contribution is 0.992. The van der Waals surface area contributed by atoms with Crippen molar-refractivity contribution < 1.29 is 0 Å². The van der Waals surface area contributed by atoms with Gasteiger partial charge in [-0.1, -0.05) is 109 Å². The van der Waals surface area contributed by atoms with Gasteiger partial charge in [-0.15, -0.1) is 0 Å². The number of hydrogen-bond acceptors (Lipinski definition) is 3. The number of imidazole rings is 2. The van der Waals surface area contributed by atoms with Gasteiger partial charge in [-0.05, 0) is 102 Å². The van der Waals surface area contributed by atoms with E-state index < -0.39 is 0 Å². The zero-order valence-electron chi connectivity index (χ0n) is 27.9. The molecule has 0 fully saturated rings. The molecule has 2 aromatic heterocycles. The first-order chi connectivity index (χ1) is 24.8. The van der Waals surface area contributed by atoms with E-state index >= 15 is 0 Å². The third kappa shape index (κ3) is 6.81. The molecule has 2 heterocycles. The first kappa shape index (κ1) is 33.0. The van der Waals surface area contributed by atoms with E-state index in [4.69, 9.17) is 49.8 Å². The molecule has 0 amide bonds. The molecule has 0 saturated heterocycles. The molecule has 0 bridgehead atoms. The van der Waals surface area contributed by atoms with E-state index in [9.17, 15) is 0 Å². The quantitative estimate of drug-likeness (QED) is 0.153. The lowest BCUT2D eigenvalue weighted by Crippen LogP contribution is -2.02. The van der Waals surface area contributed by atoms with E-state index in [1.54, 1.807) is 0 Å². The van der Waals surface area contributed by atoms with Gasteiger partial charge in [-0.3, -0.25) is 4.99 Å². The molecule has 5 nitrogen and oxygen atoms in total. The van der Waals surface area contributed by atoms with Crippen LogP contribution in [0.4, 0.5) is 5.69 Å². The Morgan fingerprint density at radius 1 is 0.588 bits per heavy atom. The summed E-state index contributed by atoms with van der Waals surface area (Å²) in [6.07, 6.45) is 1.75. The summed E-state index contributed by atoms with van der Waals surface area (Å²) in [6.45, 7) is 4.27. The van der Waals surface area contributed by atoms with Gasteiger partial charge in [0.2, 0.25) is 0 Å². The minimum Gasteiger partial charge on any atom is -0.338 e. The normalized spacial score (nSPS) is 11.9. The minimum atomic E-state index is 0.670. The third-order valence-electron chi connectivity index (χ3n) is 9.07. The fraction of sp³-hybridized carbons (Fsp3) is 0.0930. The van der Waals surface area contributed by atoms with Gasteiger partial charge >= 0.3 is 0 Å². The lowest BCUT2D eigenvalue weighted by atomic mass is 9.99. The van der Waals surface area contributed by atoms with Crippen molar-refractivity contribution in [3.63, 3.8) is 0 Å². The van der Waals surface area contributed by atoms with E-state index in [1.807, 2.05) is 48.5 Å². The van der Waals surface area contributed by atoms with E-state index in [0.717, 1.165) is 102 Å². The van der Waals surface area contributed by atoms with Crippen molar-refractivity contribution in [2.75, 3.05) is 0 Å². The Morgan fingerprint density at radius 2 is 1.25 bits per heavy atom. The highest BCUT2D eigenvalue weighted by atomic mass is 35.5. The predicted octanol–water partition coefficient (Wildman–Crippen LogP) is 13.3. The Morgan fingerprint density at radius 3 is 2.04 bits per heavy atom. The number of fused-ring (bicyclic) bond motifs is 2. The molecule has 6 aromatic carbocycles. The average Bonchev–Trinajstić information content (AvgIpc) is 3.76. The molecule has 8 heteroatoms. The van der Waals surface area contributed by atoms with Gasteiger partial charge in [0.1, 0.15) is 11.6 Å². The number of hydrogen-bond donors (Lipinski definition) is 2. The van der Waals surface area contributed by atoms with Gasteiger partial charge in [0.25, 0.3) is 0 Å². The number of benzene rings is 6. The van der Waals surface area contributed by atoms with Crippen LogP contribution >= 0.6 is 34.8 Å². The van der Waals surface area contributed by atoms with Crippen LogP contribution in [0, 0.1) is 6.92 Å². The Bertz CT molecular complexity index is 2600. The van der Waals surface area contributed by atoms with Crippen LogP contribution in [0.5, 0.6) is 0 Å². The largest absolute Gasteiger partial charge is 0.338 e. The molecule has 2 N–H and O–H groups in total. The van der Waals surface area contributed by atoms with Crippen LogP contribution in [-0.4, -0.2) is 25.6 Å². The molecule has 0 aliphatic heterocycles. The number of aromatic nitrogens is 4. The molecule has 8 rings (SSSR count). The molecule has 0 unspecified atom stereocenters. The van der Waals surface area contributed by atoms with Crippen LogP contribution < -0.4 is 0 Å². The second kappa shape index (κ2) is 13.8. The Kier molecular flexibility index (Phi) is 8.95. The lowest BCUT2D eigenvalue weighted by Gasteiger charge is -2.12. The Labute approximate surface area is 311 Å². The zero-order chi connectivity index (χ0) is 35.1. The summed E-state index contributed by atoms with van der Waals surface area (Å²) in [5.74, 6) is 1.60. The number of nitrogens with one attached hydrogen (secondary N) is 2. The van der Waals surface area contributed by atoms with Gasteiger partial charge in [-0.2, -0.15) is 0 Å². The van der Waals surface area contributed by atoms with E-state index in [1.165, 1.54) is 0 Å². The fourth-order valence-corrected chi connectivity index (χ4v) is 7.07. The van der Waals surface area contributed by atoms with Gasteiger partial charge < -0.3 is 9.97 Å². The van der Waals surface area contributed by atoms with Crippen molar-refractivity contribution in [2.24, 2.45) is 4.99 Å². The van der Waals surface area contributed by atoms with Crippen LogP contribution in [0.15, 0.2) is 126 Å². The zero-order valence-corrected chi connectivity index (χ0v) is 30.2. The van der Waals surface area contributed by atoms with Crippen LogP contribution in [0.25, 0.3) is 67.1 Å². The smallest absolute Gasteiger partial charge is 0.138 e. The molecule has 250 valence electrons. The average molecular weight is 725 g/mol. The van der Waals surface area contributed by atoms with Crippen LogP contribution in [0.1, 0.15) is 30.9 Å². The predicted molar refractivity (Wildman–Crippen MR) is 215 cm³/mol. The van der Waals surface area contributed by atoms with Crippen LogP contribution in [0.3, 0.4) is 0 Å². The van der Waals surface area contributed by atoms with Crippen molar-refractivity contribution in [3.8, 4) is 45.0 Å². The molecule has 0 atom stereocenters. The summed E-state index contributed by atoms with van der Waals surface area (Å²) in [6, 6.07) is 40.6. The first-order valence-electron chi connectivity index (χ1n) is 16.8. The molecule has 8 aromatic rings. The van der Waals surface area contributed by atoms with Gasteiger partial charge in [0.15, 0.2) is 0 Å². The second-order valence-electron chi connectivity index (χ2n) is 12.7. The van der Waals surface area contributed by atoms with Crippen molar-refractivity contribution in [2.45, 2.75) is 26.7 Å². The molecule has 0 radical (unpaired) electrons. The number of aromatic amines is 2. The number of halogens is 3. The van der Waals surface area contributed by atoms with Crippen molar-refractivity contribution >= 4 is 68.3 Å². The highest BCUT2D eigenvalue weighted by Gasteiger charge is 2.14. The van der Waals surface area contributed by atoms with E-state index in [-0.39, 0.29) is 0 Å². The molecule has 51 heavy (non-hydrogen) atoms. The minimum absolute atomic E-state index is 0.670. The van der Waals surface area contributed by atoms with Crippen molar-refractivity contribution in [3.05, 3.63) is 148 Å². The SMILES string of the molecule is CCCC(=Nc1ccc(-c2ccc(-c3nc4ccc(Cl)cc4[nH]3)cc2)cc1C)c1ccc(-c2ccc3[nH]c(-c4cccc(Cl)c4)nc3c2)cc1Cl. The molecular formula is C43H32Cl3N5. The van der Waals surface area contributed by atoms with Gasteiger partial charge in [0, 0.05) is 32.4 Å². The topological polar surface area (TPSA) is 69.7 Å².